The van der Waals surface area contributed by atoms with E-state index in [9.17, 15) is 24.3 Å². The first kappa shape index (κ1) is 37.4. The van der Waals surface area contributed by atoms with Crippen molar-refractivity contribution in [3.8, 4) is 0 Å². The largest absolute Gasteiger partial charge is 0.481 e. The summed E-state index contributed by atoms with van der Waals surface area (Å²) in [6.45, 7) is 12.1. The number of aliphatic carboxylic acids is 1. The van der Waals surface area contributed by atoms with E-state index in [1.54, 1.807) is 6.08 Å². The summed E-state index contributed by atoms with van der Waals surface area (Å²) in [6, 6.07) is 0. The van der Waals surface area contributed by atoms with Gasteiger partial charge in [-0.2, -0.15) is 0 Å². The molecule has 0 saturated carbocycles. The van der Waals surface area contributed by atoms with Crippen molar-refractivity contribution in [2.45, 2.75) is 72.6 Å². The van der Waals surface area contributed by atoms with Gasteiger partial charge in [0.15, 0.2) is 0 Å². The van der Waals surface area contributed by atoms with Crippen molar-refractivity contribution in [2.75, 3.05) is 21.3 Å². The zero-order valence-corrected chi connectivity index (χ0v) is 31.3. The zero-order chi connectivity index (χ0) is 38.4. The molecule has 0 amide bonds. The van der Waals surface area contributed by atoms with Crippen LogP contribution in [0, 0.1) is 30.1 Å². The first-order valence-corrected chi connectivity index (χ1v) is 17.8. The molecule has 12 nitrogen and oxygen atoms in total. The van der Waals surface area contributed by atoms with Crippen molar-refractivity contribution in [3.63, 3.8) is 0 Å². The first-order chi connectivity index (χ1) is 25.3. The number of aromatic nitrogens is 1. The quantitative estimate of drug-likeness (QED) is 0.182. The fourth-order valence-electron chi connectivity index (χ4n) is 8.50. The highest BCUT2D eigenvalue weighted by atomic mass is 16.5. The van der Waals surface area contributed by atoms with Gasteiger partial charge in [-0.1, -0.05) is 25.2 Å². The second-order valence-electron chi connectivity index (χ2n) is 14.3. The van der Waals surface area contributed by atoms with Crippen molar-refractivity contribution in [1.29, 1.82) is 0 Å². The van der Waals surface area contributed by atoms with E-state index < -0.39 is 29.2 Å². The SMILES string of the molecule is C=CC1C2=NC(=C1C)C=C1N=C(CC3=NC(=C(CCC(=O)O)C3C)Cc3[nH]c(c(C)c3CCC(=O)OC)C2)[C@@]2(C)C1=CC=C(C(=O)OC)[C@H]2C(=O)OC. The molecule has 0 radical (unpaired) electrons. The van der Waals surface area contributed by atoms with Crippen LogP contribution in [0.1, 0.15) is 69.0 Å². The van der Waals surface area contributed by atoms with Crippen LogP contribution in [-0.2, 0) is 52.7 Å². The van der Waals surface area contributed by atoms with Crippen LogP contribution in [0.4, 0.5) is 0 Å². The third kappa shape index (κ3) is 6.48. The van der Waals surface area contributed by atoms with E-state index in [1.165, 1.54) is 21.3 Å². The maximum Gasteiger partial charge on any atom is 0.334 e. The van der Waals surface area contributed by atoms with E-state index in [4.69, 9.17) is 29.2 Å². The van der Waals surface area contributed by atoms with Gasteiger partial charge in [0, 0.05) is 78.2 Å². The van der Waals surface area contributed by atoms with Crippen LogP contribution < -0.4 is 0 Å². The Morgan fingerprint density at radius 3 is 2.38 bits per heavy atom. The Bertz CT molecular complexity index is 2080. The van der Waals surface area contributed by atoms with Crippen LogP contribution in [0.2, 0.25) is 0 Å². The fraction of sp³-hybridized carbons (Fsp3) is 0.439. The molecule has 8 bridgehead atoms. The van der Waals surface area contributed by atoms with Gasteiger partial charge in [-0.25, -0.2) is 4.79 Å². The number of esters is 3. The van der Waals surface area contributed by atoms with Crippen LogP contribution in [-0.4, -0.2) is 72.4 Å². The predicted molar refractivity (Wildman–Crippen MR) is 200 cm³/mol. The fourth-order valence-corrected chi connectivity index (χ4v) is 8.50. The normalized spacial score (nSPS) is 24.7. The van der Waals surface area contributed by atoms with Crippen molar-refractivity contribution >= 4 is 41.0 Å². The number of ether oxygens (including phenoxy) is 3. The number of carboxylic acids is 1. The minimum Gasteiger partial charge on any atom is -0.481 e. The zero-order valence-electron chi connectivity index (χ0n) is 31.3. The number of rotatable bonds is 9. The highest BCUT2D eigenvalue weighted by Crippen LogP contribution is 2.54. The molecule has 0 saturated heterocycles. The monoisotopic (exact) mass is 722 g/mol. The Labute approximate surface area is 308 Å². The lowest BCUT2D eigenvalue weighted by atomic mass is 9.62. The van der Waals surface area contributed by atoms with Crippen LogP contribution in [0.15, 0.2) is 85.2 Å². The Morgan fingerprint density at radius 1 is 0.962 bits per heavy atom. The smallest absolute Gasteiger partial charge is 0.334 e. The number of nitrogens with zero attached hydrogens (tertiary/aromatic N) is 3. The molecule has 0 fully saturated rings. The lowest BCUT2D eigenvalue weighted by Crippen LogP contribution is -2.45. The van der Waals surface area contributed by atoms with Crippen LogP contribution >= 0.6 is 0 Å². The molecule has 0 aromatic carbocycles. The van der Waals surface area contributed by atoms with Gasteiger partial charge in [0.2, 0.25) is 0 Å². The van der Waals surface area contributed by atoms with Crippen molar-refractivity contribution < 1.29 is 38.5 Å². The number of H-pyrrole nitrogens is 1. The van der Waals surface area contributed by atoms with E-state index in [1.807, 2.05) is 45.9 Å². The number of fused-ring (bicyclic) bond motifs is 8. The molecule has 1 aliphatic carbocycles. The molecule has 53 heavy (non-hydrogen) atoms. The van der Waals surface area contributed by atoms with Crippen molar-refractivity contribution in [2.24, 2.45) is 38.1 Å². The van der Waals surface area contributed by atoms with Crippen LogP contribution in [0.3, 0.4) is 0 Å². The van der Waals surface area contributed by atoms with Crippen molar-refractivity contribution in [1.82, 2.24) is 4.98 Å². The summed E-state index contributed by atoms with van der Waals surface area (Å²) in [4.78, 5) is 70.2. The van der Waals surface area contributed by atoms with Gasteiger partial charge in [-0.05, 0) is 67.5 Å². The van der Waals surface area contributed by atoms with Gasteiger partial charge in [-0.15, -0.1) is 6.58 Å². The number of carbonyl (C=O) groups is 4. The average Bonchev–Trinajstić information content (AvgIpc) is 3.79. The number of hydrogen-bond acceptors (Lipinski definition) is 10. The minimum atomic E-state index is -1.11. The number of hydrogen-bond donors (Lipinski definition) is 2. The number of aromatic amines is 1. The summed E-state index contributed by atoms with van der Waals surface area (Å²) in [5.74, 6) is -3.88. The molecule has 1 aromatic heterocycles. The molecule has 5 aliphatic rings. The summed E-state index contributed by atoms with van der Waals surface area (Å²) in [7, 11) is 3.94. The highest BCUT2D eigenvalue weighted by Gasteiger charge is 2.55. The van der Waals surface area contributed by atoms with Gasteiger partial charge < -0.3 is 24.3 Å². The molecule has 12 heteroatoms. The second kappa shape index (κ2) is 14.6. The summed E-state index contributed by atoms with van der Waals surface area (Å²) in [6.07, 6.45) is 9.27. The number of nitrogens with one attached hydrogen (secondary N) is 1. The number of allylic oxidation sites excluding steroid dienone is 8. The van der Waals surface area contributed by atoms with Crippen LogP contribution in [0.5, 0.6) is 0 Å². The Balaban J connectivity index is 1.57. The first-order valence-electron chi connectivity index (χ1n) is 17.8. The maximum atomic E-state index is 13.7. The van der Waals surface area contributed by atoms with E-state index >= 15 is 0 Å². The topological polar surface area (TPSA) is 169 Å². The molecule has 1 aromatic rings. The van der Waals surface area contributed by atoms with Gasteiger partial charge in [0.05, 0.1) is 43.7 Å². The molecule has 6 rings (SSSR count). The molecule has 5 heterocycles. The summed E-state index contributed by atoms with van der Waals surface area (Å²) in [5.41, 5.74) is 9.98. The molecular formula is C41H46N4O8. The van der Waals surface area contributed by atoms with E-state index in [-0.39, 0.29) is 42.6 Å². The number of aliphatic imine (C=N–C) groups is 3. The van der Waals surface area contributed by atoms with Gasteiger partial charge >= 0.3 is 23.9 Å². The van der Waals surface area contributed by atoms with E-state index in [0.29, 0.717) is 37.1 Å². The standard InChI is InChI=1S/C41H46N4O8/c1-9-23-20(2)29-17-34-27-13-10-26(39(49)52-7)38(40(50)53-8)41(27,5)35(45-34)19-30-22(4)24(11-14-36(46)47)32(44-30)18-33-25(12-15-37(48)51-6)21(3)28(43-33)16-31(23)42-29/h9-10,13,17,22-23,38,43H,1,11-12,14-16,18-19H2,2-8H3,(H,46,47)/t22?,23?,38-,41+/m0/s1. The highest BCUT2D eigenvalue weighted by molar-refractivity contribution is 6.15. The predicted octanol–water partition coefficient (Wildman–Crippen LogP) is 5.83. The third-order valence-electron chi connectivity index (χ3n) is 11.6. The summed E-state index contributed by atoms with van der Waals surface area (Å²) >= 11 is 0. The molecule has 0 spiro atoms. The number of methoxy groups -OCH3 is 3. The Hall–Kier alpha value is -5.39. The minimum absolute atomic E-state index is 0.0659. The lowest BCUT2D eigenvalue weighted by molar-refractivity contribution is -0.149. The van der Waals surface area contributed by atoms with Gasteiger partial charge in [-0.3, -0.25) is 29.4 Å². The van der Waals surface area contributed by atoms with Gasteiger partial charge in [0.1, 0.15) is 5.92 Å². The molecule has 2 unspecified atom stereocenters. The summed E-state index contributed by atoms with van der Waals surface area (Å²) < 4.78 is 15.4. The van der Waals surface area contributed by atoms with Crippen molar-refractivity contribution in [3.05, 3.63) is 92.8 Å². The van der Waals surface area contributed by atoms with Crippen LogP contribution in [0.25, 0.3) is 0 Å². The maximum absolute atomic E-state index is 13.7. The van der Waals surface area contributed by atoms with Gasteiger partial charge in [0.25, 0.3) is 0 Å². The Kier molecular flexibility index (Phi) is 10.3. The Morgan fingerprint density at radius 2 is 1.72 bits per heavy atom. The molecule has 4 aliphatic heterocycles. The molecule has 278 valence electrons. The summed E-state index contributed by atoms with van der Waals surface area (Å²) in [5, 5.41) is 9.70. The second-order valence-corrected chi connectivity index (χ2v) is 14.3. The van der Waals surface area contributed by atoms with E-state index in [2.05, 4.69) is 11.6 Å². The molecule has 2 N–H and O–H groups in total. The average molecular weight is 723 g/mol. The number of carboxylic acid groups (broad SMARTS) is 1. The molecule has 4 atom stereocenters. The molecular weight excluding hydrogens is 676 g/mol. The van der Waals surface area contributed by atoms with E-state index in [0.717, 1.165) is 62.1 Å². The lowest BCUT2D eigenvalue weighted by Gasteiger charge is -2.38. The third-order valence-corrected chi connectivity index (χ3v) is 11.6. The number of carbonyl (C=O) groups excluding carboxylic acids is 3.